The second-order valence-corrected chi connectivity index (χ2v) is 9.48. The quantitative estimate of drug-likeness (QED) is 0.567. The van der Waals surface area contributed by atoms with E-state index in [0.717, 1.165) is 71.2 Å². The average molecular weight is 471 g/mol. The fraction of sp³-hybridized carbons (Fsp3) is 0.407. The number of allylic oxidation sites excluding steroid dienone is 2. The van der Waals surface area contributed by atoms with Gasteiger partial charge in [0, 0.05) is 36.8 Å². The van der Waals surface area contributed by atoms with Crippen molar-refractivity contribution < 1.29 is 9.90 Å². The van der Waals surface area contributed by atoms with Gasteiger partial charge in [0.1, 0.15) is 23.5 Å². The van der Waals surface area contributed by atoms with E-state index in [1.54, 1.807) is 0 Å². The van der Waals surface area contributed by atoms with Gasteiger partial charge in [-0.1, -0.05) is 12.0 Å². The Balaban J connectivity index is 1.58. The van der Waals surface area contributed by atoms with E-state index in [4.69, 9.17) is 12.2 Å². The number of nitrogens with two attached hydrogens (primary N) is 1. The summed E-state index contributed by atoms with van der Waals surface area (Å²) in [4.78, 5) is 28.3. The van der Waals surface area contributed by atoms with Gasteiger partial charge in [0.2, 0.25) is 5.91 Å². The Morgan fingerprint density at radius 3 is 2.83 bits per heavy atom. The lowest BCUT2D eigenvalue weighted by atomic mass is 9.84. The first kappa shape index (κ1) is 23.1. The molecule has 3 aromatic heterocycles. The van der Waals surface area contributed by atoms with Crippen molar-refractivity contribution in [3.8, 4) is 23.6 Å². The van der Waals surface area contributed by atoms with Crippen LogP contribution in [0.2, 0.25) is 0 Å². The monoisotopic (exact) mass is 470 g/mol. The van der Waals surface area contributed by atoms with E-state index in [-0.39, 0.29) is 24.5 Å². The SMILES string of the molecule is C#Cc1cc(C)c(-c2c(C3=CC[C@@H](C(=O)N4CCC[C@H]4CO)CC3)c3c(N)ncnc3n2C)cn1. The van der Waals surface area contributed by atoms with Gasteiger partial charge in [-0.15, -0.1) is 6.42 Å². The van der Waals surface area contributed by atoms with Crippen LogP contribution in [0.15, 0.2) is 24.7 Å². The Morgan fingerprint density at radius 1 is 1.31 bits per heavy atom. The summed E-state index contributed by atoms with van der Waals surface area (Å²) >= 11 is 0. The molecule has 2 aliphatic rings. The number of aliphatic hydroxyl groups is 1. The minimum Gasteiger partial charge on any atom is -0.394 e. The molecule has 3 N–H and O–H groups in total. The lowest BCUT2D eigenvalue weighted by Crippen LogP contribution is -2.41. The van der Waals surface area contributed by atoms with Crippen LogP contribution >= 0.6 is 0 Å². The highest BCUT2D eigenvalue weighted by Gasteiger charge is 2.34. The number of carbonyl (C=O) groups is 1. The number of rotatable bonds is 4. The molecule has 8 heteroatoms. The maximum atomic E-state index is 13.2. The summed E-state index contributed by atoms with van der Waals surface area (Å²) in [5.41, 5.74) is 12.8. The van der Waals surface area contributed by atoms with Gasteiger partial charge in [0.15, 0.2) is 0 Å². The number of carbonyl (C=O) groups excluding carboxylic acids is 1. The van der Waals surface area contributed by atoms with Crippen molar-refractivity contribution in [2.75, 3.05) is 18.9 Å². The minimum atomic E-state index is -0.0729. The number of fused-ring (bicyclic) bond motifs is 1. The number of hydrogen-bond acceptors (Lipinski definition) is 6. The topological polar surface area (TPSA) is 110 Å². The zero-order valence-electron chi connectivity index (χ0n) is 20.2. The first-order valence-electron chi connectivity index (χ1n) is 12.1. The normalized spacial score (nSPS) is 20.2. The molecular weight excluding hydrogens is 440 g/mol. The van der Waals surface area contributed by atoms with Crippen molar-refractivity contribution >= 4 is 28.3 Å². The number of pyridine rings is 1. The molecular formula is C27H30N6O2. The summed E-state index contributed by atoms with van der Waals surface area (Å²) in [5, 5.41) is 10.5. The van der Waals surface area contributed by atoms with Gasteiger partial charge in [0.05, 0.1) is 23.7 Å². The molecule has 2 atom stereocenters. The van der Waals surface area contributed by atoms with E-state index in [1.165, 1.54) is 6.33 Å². The largest absolute Gasteiger partial charge is 0.394 e. The van der Waals surface area contributed by atoms with Crippen LogP contribution in [0.5, 0.6) is 0 Å². The van der Waals surface area contributed by atoms with E-state index >= 15 is 0 Å². The number of nitrogens with zero attached hydrogens (tertiary/aromatic N) is 5. The molecule has 0 spiro atoms. The number of aliphatic hydroxyl groups excluding tert-OH is 1. The van der Waals surface area contributed by atoms with E-state index in [0.29, 0.717) is 17.9 Å². The highest BCUT2D eigenvalue weighted by Crippen LogP contribution is 2.43. The zero-order chi connectivity index (χ0) is 24.7. The summed E-state index contributed by atoms with van der Waals surface area (Å²) in [6, 6.07) is 1.86. The van der Waals surface area contributed by atoms with Gasteiger partial charge in [-0.05, 0) is 56.2 Å². The molecule has 1 saturated heterocycles. The van der Waals surface area contributed by atoms with Crippen molar-refractivity contribution in [1.82, 2.24) is 24.4 Å². The highest BCUT2D eigenvalue weighted by atomic mass is 16.3. The number of likely N-dealkylation sites (tertiary alicyclic amines) is 1. The molecule has 35 heavy (non-hydrogen) atoms. The molecule has 0 aromatic carbocycles. The third-order valence-electron chi connectivity index (χ3n) is 7.46. The number of terminal acetylenes is 1. The highest BCUT2D eigenvalue weighted by molar-refractivity contribution is 6.04. The number of hydrogen-bond donors (Lipinski definition) is 2. The molecule has 1 aliphatic heterocycles. The third kappa shape index (κ3) is 3.86. The Bertz CT molecular complexity index is 1380. The number of nitrogen functional groups attached to an aromatic ring is 1. The summed E-state index contributed by atoms with van der Waals surface area (Å²) in [6.45, 7) is 2.79. The average Bonchev–Trinajstić information content (AvgIpc) is 3.47. The van der Waals surface area contributed by atoms with Crippen LogP contribution in [0, 0.1) is 25.2 Å². The molecule has 180 valence electrons. The van der Waals surface area contributed by atoms with E-state index < -0.39 is 0 Å². The van der Waals surface area contributed by atoms with Gasteiger partial charge in [-0.3, -0.25) is 4.79 Å². The molecule has 0 unspecified atom stereocenters. The first-order chi connectivity index (χ1) is 16.9. The fourth-order valence-electron chi connectivity index (χ4n) is 5.62. The van der Waals surface area contributed by atoms with Crippen molar-refractivity contribution in [2.24, 2.45) is 13.0 Å². The molecule has 1 fully saturated rings. The Labute approximate surface area is 204 Å². The summed E-state index contributed by atoms with van der Waals surface area (Å²) in [6.07, 6.45) is 15.0. The van der Waals surface area contributed by atoms with Gasteiger partial charge in [-0.2, -0.15) is 0 Å². The summed E-state index contributed by atoms with van der Waals surface area (Å²) in [7, 11) is 1.97. The second kappa shape index (κ2) is 9.16. The molecule has 1 amide bonds. The van der Waals surface area contributed by atoms with Crippen LogP contribution in [0.1, 0.15) is 48.9 Å². The van der Waals surface area contributed by atoms with E-state index in [2.05, 4.69) is 26.9 Å². The standard InChI is InChI=1S/C27H30N6O2/c1-4-19-12-16(2)21(13-29-19)24-22(23-25(28)30-15-31-26(23)32(24)3)17-7-9-18(10-8-17)27(35)33-11-5-6-20(33)14-34/h1,7,12-13,15,18,20,34H,5-6,8-11,14H2,2-3H3,(H2,28,30,31)/t18-,20+/m1/s1. The molecule has 4 heterocycles. The smallest absolute Gasteiger partial charge is 0.226 e. The predicted molar refractivity (Wildman–Crippen MR) is 136 cm³/mol. The summed E-state index contributed by atoms with van der Waals surface area (Å²) < 4.78 is 2.04. The Hall–Kier alpha value is -3.70. The Kier molecular flexibility index (Phi) is 6.03. The van der Waals surface area contributed by atoms with Gasteiger partial charge < -0.3 is 20.3 Å². The predicted octanol–water partition coefficient (Wildman–Crippen LogP) is 3.07. The van der Waals surface area contributed by atoms with Crippen LogP contribution in [0.3, 0.4) is 0 Å². The first-order valence-corrected chi connectivity index (χ1v) is 12.1. The van der Waals surface area contributed by atoms with Crippen LogP contribution in [0.4, 0.5) is 5.82 Å². The minimum absolute atomic E-state index is 0.0318. The van der Waals surface area contributed by atoms with Crippen molar-refractivity contribution in [3.05, 3.63) is 41.5 Å². The molecule has 0 saturated carbocycles. The van der Waals surface area contributed by atoms with Crippen molar-refractivity contribution in [2.45, 2.75) is 45.1 Å². The van der Waals surface area contributed by atoms with Crippen LogP contribution in [-0.4, -0.2) is 54.6 Å². The lowest BCUT2D eigenvalue weighted by Gasteiger charge is -2.29. The third-order valence-corrected chi connectivity index (χ3v) is 7.46. The van der Waals surface area contributed by atoms with Crippen LogP contribution in [0.25, 0.3) is 27.9 Å². The van der Waals surface area contributed by atoms with Crippen molar-refractivity contribution in [3.63, 3.8) is 0 Å². The van der Waals surface area contributed by atoms with Gasteiger partial charge in [0.25, 0.3) is 0 Å². The number of aromatic nitrogens is 4. The van der Waals surface area contributed by atoms with Crippen LogP contribution in [-0.2, 0) is 11.8 Å². The van der Waals surface area contributed by atoms with Crippen molar-refractivity contribution in [1.29, 1.82) is 0 Å². The second-order valence-electron chi connectivity index (χ2n) is 9.48. The molecule has 0 bridgehead atoms. The fourth-order valence-corrected chi connectivity index (χ4v) is 5.62. The van der Waals surface area contributed by atoms with Gasteiger partial charge >= 0.3 is 0 Å². The maximum Gasteiger partial charge on any atom is 0.226 e. The molecule has 3 aromatic rings. The lowest BCUT2D eigenvalue weighted by molar-refractivity contribution is -0.137. The molecule has 8 nitrogen and oxygen atoms in total. The van der Waals surface area contributed by atoms with Crippen LogP contribution < -0.4 is 5.73 Å². The van der Waals surface area contributed by atoms with E-state index in [9.17, 15) is 9.90 Å². The molecule has 0 radical (unpaired) electrons. The molecule has 5 rings (SSSR count). The van der Waals surface area contributed by atoms with Gasteiger partial charge in [-0.25, -0.2) is 15.0 Å². The van der Waals surface area contributed by atoms with E-state index in [1.807, 2.05) is 35.7 Å². The number of amides is 1. The zero-order valence-corrected chi connectivity index (χ0v) is 20.2. The maximum absolute atomic E-state index is 13.2. The molecule has 1 aliphatic carbocycles. The number of anilines is 1. The Morgan fingerprint density at radius 2 is 2.14 bits per heavy atom. The summed E-state index contributed by atoms with van der Waals surface area (Å²) in [5.74, 6) is 3.11. The number of aryl methyl sites for hydroxylation is 2.